The van der Waals surface area contributed by atoms with Crippen molar-refractivity contribution in [1.29, 1.82) is 0 Å². The summed E-state index contributed by atoms with van der Waals surface area (Å²) < 4.78 is 25.5. The Kier molecular flexibility index (Phi) is 7.77. The van der Waals surface area contributed by atoms with Gasteiger partial charge < -0.3 is 5.32 Å². The highest BCUT2D eigenvalue weighted by molar-refractivity contribution is 7.99. The molecule has 9 heteroatoms. The van der Waals surface area contributed by atoms with Crippen LogP contribution in [-0.2, 0) is 14.8 Å². The van der Waals surface area contributed by atoms with Crippen LogP contribution in [0.15, 0.2) is 0 Å². The normalized spacial score (nSPS) is 24.5. The molecule has 0 bridgehead atoms. The Morgan fingerprint density at radius 3 is 2.57 bits per heavy atom. The smallest absolute Gasteiger partial charge is 0.238 e. The standard InChI is InChI=1S/C12H23N3O3S2.ClH/c1-2-7-20(17,18)15-5-3-10(4-6-15)14-12(16)11-8-19-9-13-11;/h10-11,13H,2-9H2,1H3,(H,14,16);1H. The maximum absolute atomic E-state index is 12.0. The van der Waals surface area contributed by atoms with Crippen molar-refractivity contribution < 1.29 is 13.2 Å². The van der Waals surface area contributed by atoms with Crippen LogP contribution in [0.25, 0.3) is 0 Å². The average Bonchev–Trinajstić information content (AvgIpc) is 2.93. The zero-order valence-corrected chi connectivity index (χ0v) is 14.7. The molecule has 21 heavy (non-hydrogen) atoms. The van der Waals surface area contributed by atoms with E-state index in [1.54, 1.807) is 16.1 Å². The molecule has 0 aromatic rings. The van der Waals surface area contributed by atoms with Gasteiger partial charge in [0.25, 0.3) is 0 Å². The summed E-state index contributed by atoms with van der Waals surface area (Å²) in [6.45, 7) is 2.90. The molecule has 6 nitrogen and oxygen atoms in total. The summed E-state index contributed by atoms with van der Waals surface area (Å²) in [5.74, 6) is 1.90. The lowest BCUT2D eigenvalue weighted by molar-refractivity contribution is -0.123. The van der Waals surface area contributed by atoms with E-state index < -0.39 is 10.0 Å². The molecule has 1 unspecified atom stereocenters. The molecular formula is C12H24ClN3O3S2. The first-order valence-electron chi connectivity index (χ1n) is 7.12. The van der Waals surface area contributed by atoms with Crippen molar-refractivity contribution in [3.63, 3.8) is 0 Å². The Bertz CT molecular complexity index is 433. The topological polar surface area (TPSA) is 78.5 Å². The zero-order chi connectivity index (χ0) is 14.6. The van der Waals surface area contributed by atoms with Gasteiger partial charge in [-0.1, -0.05) is 6.92 Å². The molecule has 0 aromatic heterocycles. The fourth-order valence-corrected chi connectivity index (χ4v) is 5.01. The molecule has 2 saturated heterocycles. The molecule has 2 aliphatic rings. The fraction of sp³-hybridized carbons (Fsp3) is 0.917. The number of hydrogen-bond donors (Lipinski definition) is 2. The van der Waals surface area contributed by atoms with Gasteiger partial charge in [-0.05, 0) is 19.3 Å². The molecule has 2 N–H and O–H groups in total. The summed E-state index contributed by atoms with van der Waals surface area (Å²) in [4.78, 5) is 12.0. The molecule has 2 rings (SSSR count). The highest BCUT2D eigenvalue weighted by atomic mass is 35.5. The van der Waals surface area contributed by atoms with Crippen molar-refractivity contribution >= 4 is 40.1 Å². The number of nitrogens with one attached hydrogen (secondary N) is 2. The van der Waals surface area contributed by atoms with Crippen LogP contribution in [0.5, 0.6) is 0 Å². The van der Waals surface area contributed by atoms with Crippen LogP contribution in [0.1, 0.15) is 26.2 Å². The van der Waals surface area contributed by atoms with Crippen LogP contribution in [-0.4, -0.2) is 61.2 Å². The Balaban J connectivity index is 0.00000220. The summed E-state index contributed by atoms with van der Waals surface area (Å²) in [5.41, 5.74) is 0. The van der Waals surface area contributed by atoms with Gasteiger partial charge in [0.05, 0.1) is 11.8 Å². The molecule has 0 aliphatic carbocycles. The van der Waals surface area contributed by atoms with Gasteiger partial charge in [0, 0.05) is 30.8 Å². The van der Waals surface area contributed by atoms with Gasteiger partial charge in [-0.3, -0.25) is 10.1 Å². The Morgan fingerprint density at radius 2 is 2.05 bits per heavy atom. The highest BCUT2D eigenvalue weighted by Gasteiger charge is 2.30. The first kappa shape index (κ1) is 19.0. The number of thioether (sulfide) groups is 1. The predicted octanol–water partition coefficient (Wildman–Crippen LogP) is 0.391. The van der Waals surface area contributed by atoms with Crippen LogP contribution < -0.4 is 10.6 Å². The number of nitrogens with zero attached hydrogens (tertiary/aromatic N) is 1. The molecule has 0 spiro atoms. The van der Waals surface area contributed by atoms with Crippen molar-refractivity contribution in [2.45, 2.75) is 38.3 Å². The fourth-order valence-electron chi connectivity index (χ4n) is 2.53. The summed E-state index contributed by atoms with van der Waals surface area (Å²) in [5, 5.41) is 6.17. The van der Waals surface area contributed by atoms with E-state index in [1.807, 2.05) is 6.92 Å². The number of piperidine rings is 1. The first-order chi connectivity index (χ1) is 9.53. The SMILES string of the molecule is CCCS(=O)(=O)N1CCC(NC(=O)C2CSCN2)CC1.Cl. The van der Waals surface area contributed by atoms with Gasteiger partial charge in [0.15, 0.2) is 0 Å². The Labute approximate surface area is 137 Å². The van der Waals surface area contributed by atoms with E-state index in [9.17, 15) is 13.2 Å². The lowest BCUT2D eigenvalue weighted by atomic mass is 10.1. The molecule has 0 aromatic carbocycles. The number of rotatable bonds is 5. The molecule has 2 fully saturated rings. The van der Waals surface area contributed by atoms with Gasteiger partial charge in [-0.25, -0.2) is 12.7 Å². The Hall–Kier alpha value is -0.0200. The van der Waals surface area contributed by atoms with Crippen LogP contribution in [0.2, 0.25) is 0 Å². The van der Waals surface area contributed by atoms with Gasteiger partial charge in [0.1, 0.15) is 0 Å². The zero-order valence-electron chi connectivity index (χ0n) is 12.2. The lowest BCUT2D eigenvalue weighted by Gasteiger charge is -2.32. The van der Waals surface area contributed by atoms with Crippen molar-refractivity contribution in [3.05, 3.63) is 0 Å². The summed E-state index contributed by atoms with van der Waals surface area (Å²) in [6, 6.07) is 0.00447. The minimum absolute atomic E-state index is 0. The molecule has 1 atom stereocenters. The van der Waals surface area contributed by atoms with E-state index in [-0.39, 0.29) is 36.2 Å². The number of carbonyl (C=O) groups excluding carboxylic acids is 1. The lowest BCUT2D eigenvalue weighted by Crippen LogP contribution is -2.51. The largest absolute Gasteiger partial charge is 0.352 e. The second-order valence-corrected chi connectivity index (χ2v) is 8.39. The van der Waals surface area contributed by atoms with Crippen LogP contribution in [0.3, 0.4) is 0 Å². The van der Waals surface area contributed by atoms with E-state index in [0.717, 1.165) is 11.6 Å². The average molecular weight is 358 g/mol. The number of hydrogen-bond acceptors (Lipinski definition) is 5. The molecule has 124 valence electrons. The predicted molar refractivity (Wildman–Crippen MR) is 88.3 cm³/mol. The number of halogens is 1. The molecule has 0 saturated carbocycles. The van der Waals surface area contributed by atoms with Crippen LogP contribution in [0, 0.1) is 0 Å². The van der Waals surface area contributed by atoms with Crippen molar-refractivity contribution in [3.8, 4) is 0 Å². The third-order valence-electron chi connectivity index (χ3n) is 3.69. The molecule has 2 aliphatic heterocycles. The third-order valence-corrected chi connectivity index (χ3v) is 6.70. The quantitative estimate of drug-likeness (QED) is 0.744. The maximum Gasteiger partial charge on any atom is 0.238 e. The molecule has 0 radical (unpaired) electrons. The Morgan fingerprint density at radius 1 is 1.38 bits per heavy atom. The van der Waals surface area contributed by atoms with Crippen LogP contribution in [0.4, 0.5) is 0 Å². The van der Waals surface area contributed by atoms with Gasteiger partial charge >= 0.3 is 0 Å². The minimum atomic E-state index is -3.10. The van der Waals surface area contributed by atoms with Crippen LogP contribution >= 0.6 is 24.2 Å². The molecule has 2 heterocycles. The van der Waals surface area contributed by atoms with Crippen molar-refractivity contribution in [2.24, 2.45) is 0 Å². The monoisotopic (exact) mass is 357 g/mol. The van der Waals surface area contributed by atoms with E-state index in [4.69, 9.17) is 0 Å². The third kappa shape index (κ3) is 5.28. The summed E-state index contributed by atoms with van der Waals surface area (Å²) >= 11 is 1.72. The van der Waals surface area contributed by atoms with E-state index in [0.29, 0.717) is 32.4 Å². The molecular weight excluding hydrogens is 334 g/mol. The van der Waals surface area contributed by atoms with Gasteiger partial charge in [-0.15, -0.1) is 24.2 Å². The number of sulfonamides is 1. The number of amides is 1. The van der Waals surface area contributed by atoms with Gasteiger partial charge in [0.2, 0.25) is 15.9 Å². The van der Waals surface area contributed by atoms with Gasteiger partial charge in [-0.2, -0.15) is 0 Å². The van der Waals surface area contributed by atoms with Crippen molar-refractivity contribution in [2.75, 3.05) is 30.5 Å². The minimum Gasteiger partial charge on any atom is -0.352 e. The first-order valence-corrected chi connectivity index (χ1v) is 9.88. The van der Waals surface area contributed by atoms with E-state index in [2.05, 4.69) is 10.6 Å². The summed E-state index contributed by atoms with van der Waals surface area (Å²) in [7, 11) is -3.10. The summed E-state index contributed by atoms with van der Waals surface area (Å²) in [6.07, 6.45) is 2.05. The highest BCUT2D eigenvalue weighted by Crippen LogP contribution is 2.16. The molecule has 1 amide bonds. The van der Waals surface area contributed by atoms with Crippen molar-refractivity contribution in [1.82, 2.24) is 14.9 Å². The number of carbonyl (C=O) groups is 1. The van der Waals surface area contributed by atoms with E-state index in [1.165, 1.54) is 0 Å². The second kappa shape index (κ2) is 8.57. The second-order valence-electron chi connectivity index (χ2n) is 5.27. The van der Waals surface area contributed by atoms with E-state index >= 15 is 0 Å². The maximum atomic E-state index is 12.0.